The molecule has 0 saturated carbocycles. The molecule has 0 fully saturated rings. The van der Waals surface area contributed by atoms with E-state index in [1.54, 1.807) is 14.0 Å². The van der Waals surface area contributed by atoms with Gasteiger partial charge < -0.3 is 10.5 Å². The van der Waals surface area contributed by atoms with Crippen LogP contribution in [0, 0.1) is 0 Å². The highest BCUT2D eigenvalue weighted by Crippen LogP contribution is 2.32. The average molecular weight is 331 g/mol. The molecule has 25 heavy (non-hydrogen) atoms. The highest BCUT2D eigenvalue weighted by molar-refractivity contribution is 5.95. The second-order valence-electron chi connectivity index (χ2n) is 6.09. The van der Waals surface area contributed by atoms with E-state index in [0.717, 1.165) is 29.0 Å². The van der Waals surface area contributed by atoms with Crippen molar-refractivity contribution in [3.63, 3.8) is 0 Å². The third-order valence-electron chi connectivity index (χ3n) is 4.23. The minimum atomic E-state index is 0.0545. The number of hydrogen-bond donors (Lipinski definition) is 1. The van der Waals surface area contributed by atoms with E-state index in [1.165, 1.54) is 11.1 Å². The van der Waals surface area contributed by atoms with Crippen LogP contribution < -0.4 is 10.5 Å². The Hall–Kier alpha value is -3.07. The molecule has 3 aromatic rings. The van der Waals surface area contributed by atoms with Crippen molar-refractivity contribution < 1.29 is 9.53 Å². The zero-order valence-corrected chi connectivity index (χ0v) is 14.5. The number of Topliss-reactive ketones (excluding diaryl/α,β-unsaturated/α-hetero) is 1. The van der Waals surface area contributed by atoms with Crippen molar-refractivity contribution in [1.29, 1.82) is 0 Å². The van der Waals surface area contributed by atoms with E-state index in [1.807, 2.05) is 54.6 Å². The van der Waals surface area contributed by atoms with Gasteiger partial charge in [-0.2, -0.15) is 0 Å². The predicted molar refractivity (Wildman–Crippen MR) is 102 cm³/mol. The standard InChI is InChI=1S/C22H21NO2/c1-15(24)18-4-3-5-19(14-18)21-13-17(8-11-22(21)25-2)12-16-6-9-20(23)10-7-16/h3-11,13-14H,12,23H2,1-2H3. The van der Waals surface area contributed by atoms with Crippen LogP contribution in [0.2, 0.25) is 0 Å². The zero-order chi connectivity index (χ0) is 17.8. The smallest absolute Gasteiger partial charge is 0.159 e. The number of methoxy groups -OCH3 is 1. The average Bonchev–Trinajstić information content (AvgIpc) is 2.63. The number of carbonyl (C=O) groups excluding carboxylic acids is 1. The molecule has 0 amide bonds. The van der Waals surface area contributed by atoms with E-state index >= 15 is 0 Å². The SMILES string of the molecule is COc1ccc(Cc2ccc(N)cc2)cc1-c1cccc(C(C)=O)c1. The minimum absolute atomic E-state index is 0.0545. The summed E-state index contributed by atoms with van der Waals surface area (Å²) in [6, 6.07) is 21.7. The maximum atomic E-state index is 11.7. The highest BCUT2D eigenvalue weighted by atomic mass is 16.5. The molecular formula is C22H21NO2. The molecule has 0 bridgehead atoms. The van der Waals surface area contributed by atoms with Crippen LogP contribution in [0.5, 0.6) is 5.75 Å². The predicted octanol–water partition coefficient (Wildman–Crippen LogP) is 4.74. The van der Waals surface area contributed by atoms with Gasteiger partial charge in [0, 0.05) is 16.8 Å². The lowest BCUT2D eigenvalue weighted by Crippen LogP contribution is -1.95. The molecule has 0 saturated heterocycles. The van der Waals surface area contributed by atoms with Crippen LogP contribution in [0.15, 0.2) is 66.7 Å². The minimum Gasteiger partial charge on any atom is -0.496 e. The number of rotatable bonds is 5. The number of ketones is 1. The van der Waals surface area contributed by atoms with Crippen molar-refractivity contribution in [3.05, 3.63) is 83.4 Å². The van der Waals surface area contributed by atoms with E-state index in [2.05, 4.69) is 12.1 Å². The van der Waals surface area contributed by atoms with Crippen molar-refractivity contribution >= 4 is 11.5 Å². The summed E-state index contributed by atoms with van der Waals surface area (Å²) >= 11 is 0. The molecule has 0 radical (unpaired) electrons. The Morgan fingerprint density at radius 2 is 1.68 bits per heavy atom. The van der Waals surface area contributed by atoms with E-state index in [9.17, 15) is 4.79 Å². The summed E-state index contributed by atoms with van der Waals surface area (Å²) in [5, 5.41) is 0. The molecule has 0 aliphatic rings. The van der Waals surface area contributed by atoms with Crippen LogP contribution in [-0.4, -0.2) is 12.9 Å². The molecule has 0 aromatic heterocycles. The third kappa shape index (κ3) is 3.89. The number of carbonyl (C=O) groups is 1. The first-order chi connectivity index (χ1) is 12.1. The molecule has 3 rings (SSSR count). The lowest BCUT2D eigenvalue weighted by atomic mass is 9.96. The van der Waals surface area contributed by atoms with E-state index in [-0.39, 0.29) is 5.78 Å². The Morgan fingerprint density at radius 1 is 0.960 bits per heavy atom. The fraction of sp³-hybridized carbons (Fsp3) is 0.136. The molecule has 0 aliphatic heterocycles. The number of nitrogen functional groups attached to an aromatic ring is 1. The normalized spacial score (nSPS) is 10.5. The molecule has 0 heterocycles. The van der Waals surface area contributed by atoms with Crippen molar-refractivity contribution in [1.82, 2.24) is 0 Å². The highest BCUT2D eigenvalue weighted by Gasteiger charge is 2.10. The van der Waals surface area contributed by atoms with Gasteiger partial charge in [-0.3, -0.25) is 4.79 Å². The van der Waals surface area contributed by atoms with Gasteiger partial charge >= 0.3 is 0 Å². The zero-order valence-electron chi connectivity index (χ0n) is 14.5. The monoisotopic (exact) mass is 331 g/mol. The number of benzene rings is 3. The molecule has 0 aliphatic carbocycles. The summed E-state index contributed by atoms with van der Waals surface area (Å²) in [4.78, 5) is 11.7. The number of hydrogen-bond acceptors (Lipinski definition) is 3. The number of anilines is 1. The fourth-order valence-electron chi connectivity index (χ4n) is 2.87. The second-order valence-corrected chi connectivity index (χ2v) is 6.09. The molecular weight excluding hydrogens is 310 g/mol. The van der Waals surface area contributed by atoms with Gasteiger partial charge in [0.1, 0.15) is 5.75 Å². The van der Waals surface area contributed by atoms with Gasteiger partial charge in [-0.25, -0.2) is 0 Å². The molecule has 126 valence electrons. The Kier molecular flexibility index (Phi) is 4.85. The van der Waals surface area contributed by atoms with Crippen LogP contribution in [0.1, 0.15) is 28.4 Å². The van der Waals surface area contributed by atoms with Gasteiger partial charge in [0.25, 0.3) is 0 Å². The summed E-state index contributed by atoms with van der Waals surface area (Å²) in [7, 11) is 1.66. The van der Waals surface area contributed by atoms with E-state index in [0.29, 0.717) is 5.56 Å². The molecule has 0 unspecified atom stereocenters. The fourth-order valence-corrected chi connectivity index (χ4v) is 2.87. The van der Waals surface area contributed by atoms with Gasteiger partial charge in [-0.15, -0.1) is 0 Å². The first kappa shape index (κ1) is 16.8. The van der Waals surface area contributed by atoms with Crippen LogP contribution in [0.25, 0.3) is 11.1 Å². The summed E-state index contributed by atoms with van der Waals surface area (Å²) in [6.07, 6.45) is 0.809. The summed E-state index contributed by atoms with van der Waals surface area (Å²) in [5.41, 5.74) is 11.5. The van der Waals surface area contributed by atoms with E-state index < -0.39 is 0 Å². The van der Waals surface area contributed by atoms with Crippen LogP contribution in [-0.2, 0) is 6.42 Å². The molecule has 3 aromatic carbocycles. The Morgan fingerprint density at radius 3 is 2.36 bits per heavy atom. The Balaban J connectivity index is 1.99. The molecule has 0 spiro atoms. The largest absolute Gasteiger partial charge is 0.496 e. The Labute approximate surface area is 148 Å². The topological polar surface area (TPSA) is 52.3 Å². The quantitative estimate of drug-likeness (QED) is 0.543. The number of nitrogens with two attached hydrogens (primary N) is 1. The third-order valence-corrected chi connectivity index (χ3v) is 4.23. The van der Waals surface area contributed by atoms with Crippen molar-refractivity contribution in [2.24, 2.45) is 0 Å². The van der Waals surface area contributed by atoms with Gasteiger partial charge in [0.05, 0.1) is 7.11 Å². The van der Waals surface area contributed by atoms with E-state index in [4.69, 9.17) is 10.5 Å². The van der Waals surface area contributed by atoms with Crippen LogP contribution >= 0.6 is 0 Å². The van der Waals surface area contributed by atoms with Gasteiger partial charge in [-0.05, 0) is 60.4 Å². The molecule has 0 atom stereocenters. The maximum absolute atomic E-state index is 11.7. The lowest BCUT2D eigenvalue weighted by Gasteiger charge is -2.12. The maximum Gasteiger partial charge on any atom is 0.159 e. The first-order valence-corrected chi connectivity index (χ1v) is 8.19. The lowest BCUT2D eigenvalue weighted by molar-refractivity contribution is 0.101. The first-order valence-electron chi connectivity index (χ1n) is 8.19. The summed E-state index contributed by atoms with van der Waals surface area (Å²) in [5.74, 6) is 0.848. The molecule has 3 nitrogen and oxygen atoms in total. The second kappa shape index (κ2) is 7.22. The number of ether oxygens (including phenoxy) is 1. The van der Waals surface area contributed by atoms with Gasteiger partial charge in [0.2, 0.25) is 0 Å². The molecule has 3 heteroatoms. The van der Waals surface area contributed by atoms with Crippen LogP contribution in [0.3, 0.4) is 0 Å². The molecule has 2 N–H and O–H groups in total. The van der Waals surface area contributed by atoms with Gasteiger partial charge in [0.15, 0.2) is 5.78 Å². The van der Waals surface area contributed by atoms with Crippen LogP contribution in [0.4, 0.5) is 5.69 Å². The van der Waals surface area contributed by atoms with Crippen molar-refractivity contribution in [2.45, 2.75) is 13.3 Å². The van der Waals surface area contributed by atoms with Crippen molar-refractivity contribution in [3.8, 4) is 16.9 Å². The van der Waals surface area contributed by atoms with Gasteiger partial charge in [-0.1, -0.05) is 36.4 Å². The summed E-state index contributed by atoms with van der Waals surface area (Å²) in [6.45, 7) is 1.58. The Bertz CT molecular complexity index is 898. The summed E-state index contributed by atoms with van der Waals surface area (Å²) < 4.78 is 5.52. The van der Waals surface area contributed by atoms with Crippen molar-refractivity contribution in [2.75, 3.05) is 12.8 Å².